The van der Waals surface area contributed by atoms with E-state index < -0.39 is 0 Å². The van der Waals surface area contributed by atoms with Crippen LogP contribution in [-0.4, -0.2) is 16.7 Å². The van der Waals surface area contributed by atoms with Crippen LogP contribution in [0, 0.1) is 5.82 Å². The third-order valence-corrected chi connectivity index (χ3v) is 3.81. The predicted octanol–water partition coefficient (Wildman–Crippen LogP) is 3.89. The van der Waals surface area contributed by atoms with Crippen LogP contribution in [0.4, 0.5) is 16.0 Å². The quantitative estimate of drug-likeness (QED) is 0.920. The van der Waals surface area contributed by atoms with Gasteiger partial charge in [-0.15, -0.1) is 0 Å². The summed E-state index contributed by atoms with van der Waals surface area (Å²) >= 11 is 0. The van der Waals surface area contributed by atoms with E-state index in [0.29, 0.717) is 23.4 Å². The Labute approximate surface area is 117 Å². The number of methoxy groups -OCH3 is 1. The molecular weight excluding hydrogens is 257 g/mol. The molecule has 20 heavy (non-hydrogen) atoms. The average Bonchev–Trinajstić information content (AvgIpc) is 3.11. The van der Waals surface area contributed by atoms with Gasteiger partial charge in [-0.3, -0.25) is 0 Å². The van der Waals surface area contributed by atoms with E-state index in [0.717, 1.165) is 12.8 Å². The molecule has 0 amide bonds. The molecule has 1 fully saturated rings. The van der Waals surface area contributed by atoms with Crippen LogP contribution in [-0.2, 0) is 0 Å². The fraction of sp³-hybridized carbons (Fsp3) is 0.400. The first-order chi connectivity index (χ1) is 9.78. The molecule has 0 bridgehead atoms. The maximum absolute atomic E-state index is 13.9. The molecule has 3 rings (SSSR count). The van der Waals surface area contributed by atoms with Crippen molar-refractivity contribution < 1.29 is 9.13 Å². The maximum atomic E-state index is 13.9. The number of hydrogen-bond acceptors (Lipinski definition) is 3. The highest BCUT2D eigenvalue weighted by molar-refractivity contribution is 5.57. The first kappa shape index (κ1) is 13.0. The van der Waals surface area contributed by atoms with Crippen molar-refractivity contribution in [2.75, 3.05) is 12.4 Å². The largest absolute Gasteiger partial charge is 0.497 e. The third-order valence-electron chi connectivity index (χ3n) is 3.81. The minimum absolute atomic E-state index is 0.313. The molecular formula is C15H18FN3O. The van der Waals surface area contributed by atoms with Crippen LogP contribution in [0.3, 0.4) is 0 Å². The average molecular weight is 275 g/mol. The van der Waals surface area contributed by atoms with Crippen molar-refractivity contribution in [1.82, 2.24) is 9.55 Å². The molecule has 1 aromatic carbocycles. The summed E-state index contributed by atoms with van der Waals surface area (Å²) in [5.41, 5.74) is 0.384. The van der Waals surface area contributed by atoms with E-state index in [1.54, 1.807) is 25.4 Å². The fourth-order valence-corrected chi connectivity index (χ4v) is 2.73. The van der Waals surface area contributed by atoms with Gasteiger partial charge in [0.15, 0.2) is 0 Å². The van der Waals surface area contributed by atoms with E-state index in [4.69, 9.17) is 4.74 Å². The van der Waals surface area contributed by atoms with Crippen LogP contribution < -0.4 is 10.1 Å². The summed E-state index contributed by atoms with van der Waals surface area (Å²) < 4.78 is 21.1. The Kier molecular flexibility index (Phi) is 3.58. The lowest BCUT2D eigenvalue weighted by atomic mass is 10.2. The highest BCUT2D eigenvalue weighted by Crippen LogP contribution is 2.33. The number of benzene rings is 1. The molecule has 0 aliphatic heterocycles. The maximum Gasteiger partial charge on any atom is 0.207 e. The van der Waals surface area contributed by atoms with Crippen molar-refractivity contribution in [2.24, 2.45) is 0 Å². The van der Waals surface area contributed by atoms with Gasteiger partial charge >= 0.3 is 0 Å². The predicted molar refractivity (Wildman–Crippen MR) is 76.0 cm³/mol. The number of nitrogens with zero attached hydrogens (tertiary/aromatic N) is 2. The second kappa shape index (κ2) is 5.53. The van der Waals surface area contributed by atoms with Crippen molar-refractivity contribution >= 4 is 11.6 Å². The minimum Gasteiger partial charge on any atom is -0.497 e. The van der Waals surface area contributed by atoms with Crippen molar-refractivity contribution in [3.05, 3.63) is 36.4 Å². The Bertz CT molecular complexity index is 591. The summed E-state index contributed by atoms with van der Waals surface area (Å²) in [7, 11) is 1.57. The van der Waals surface area contributed by atoms with Gasteiger partial charge in [-0.2, -0.15) is 0 Å². The van der Waals surface area contributed by atoms with Gasteiger partial charge in [-0.05, 0) is 25.0 Å². The smallest absolute Gasteiger partial charge is 0.207 e. The highest BCUT2D eigenvalue weighted by Gasteiger charge is 2.19. The first-order valence-electron chi connectivity index (χ1n) is 6.91. The summed E-state index contributed by atoms with van der Waals surface area (Å²) in [5, 5.41) is 3.07. The summed E-state index contributed by atoms with van der Waals surface area (Å²) in [6.07, 6.45) is 8.51. The van der Waals surface area contributed by atoms with Gasteiger partial charge in [0.05, 0.1) is 12.8 Å². The number of nitrogens with one attached hydrogen (secondary N) is 1. The van der Waals surface area contributed by atoms with Crippen LogP contribution >= 0.6 is 0 Å². The van der Waals surface area contributed by atoms with Crippen LogP contribution in [0.25, 0.3) is 0 Å². The third kappa shape index (κ3) is 2.48. The number of rotatable bonds is 4. The van der Waals surface area contributed by atoms with Gasteiger partial charge < -0.3 is 14.6 Å². The normalized spacial score (nSPS) is 15.5. The molecule has 0 atom stereocenters. The Morgan fingerprint density at radius 3 is 2.90 bits per heavy atom. The second-order valence-electron chi connectivity index (χ2n) is 5.07. The summed E-state index contributed by atoms with van der Waals surface area (Å²) in [6.45, 7) is 0. The number of halogens is 1. The SMILES string of the molecule is COc1ccc(F)c(Nc2nccn2C2CCCC2)c1. The van der Waals surface area contributed by atoms with Gasteiger partial charge in [-0.1, -0.05) is 12.8 Å². The monoisotopic (exact) mass is 275 g/mol. The number of hydrogen-bond donors (Lipinski definition) is 1. The van der Waals surface area contributed by atoms with E-state index >= 15 is 0 Å². The Morgan fingerprint density at radius 1 is 1.35 bits per heavy atom. The molecule has 0 unspecified atom stereocenters. The van der Waals surface area contributed by atoms with Gasteiger partial charge in [0.25, 0.3) is 0 Å². The molecule has 106 valence electrons. The van der Waals surface area contributed by atoms with Crippen LogP contribution in [0.5, 0.6) is 5.75 Å². The molecule has 1 heterocycles. The zero-order valence-electron chi connectivity index (χ0n) is 11.5. The topological polar surface area (TPSA) is 39.1 Å². The van der Waals surface area contributed by atoms with E-state index in [9.17, 15) is 4.39 Å². The molecule has 1 saturated carbocycles. The van der Waals surface area contributed by atoms with Crippen LogP contribution in [0.2, 0.25) is 0 Å². The lowest BCUT2D eigenvalue weighted by molar-refractivity contribution is 0.414. The number of aromatic nitrogens is 2. The highest BCUT2D eigenvalue weighted by atomic mass is 19.1. The van der Waals surface area contributed by atoms with Gasteiger partial charge in [0, 0.05) is 24.5 Å². The minimum atomic E-state index is -0.313. The lowest BCUT2D eigenvalue weighted by Gasteiger charge is -2.16. The first-order valence-corrected chi connectivity index (χ1v) is 6.91. The molecule has 1 aliphatic carbocycles. The van der Waals surface area contributed by atoms with Gasteiger partial charge in [0.2, 0.25) is 5.95 Å². The van der Waals surface area contributed by atoms with Crippen LogP contribution in [0.1, 0.15) is 31.7 Å². The van der Waals surface area contributed by atoms with Crippen molar-refractivity contribution in [2.45, 2.75) is 31.7 Å². The zero-order valence-corrected chi connectivity index (χ0v) is 11.5. The Morgan fingerprint density at radius 2 is 2.15 bits per heavy atom. The van der Waals surface area contributed by atoms with Crippen molar-refractivity contribution in [3.63, 3.8) is 0 Å². The molecule has 2 aromatic rings. The summed E-state index contributed by atoms with van der Waals surface area (Å²) in [4.78, 5) is 4.30. The molecule has 0 saturated heterocycles. The molecule has 5 heteroatoms. The fourth-order valence-electron chi connectivity index (χ4n) is 2.73. The Balaban J connectivity index is 1.86. The molecule has 0 spiro atoms. The second-order valence-corrected chi connectivity index (χ2v) is 5.07. The van der Waals surface area contributed by atoms with Crippen LogP contribution in [0.15, 0.2) is 30.6 Å². The standard InChI is InChI=1S/C15H18FN3O/c1-20-12-6-7-13(16)14(10-12)18-15-17-8-9-19(15)11-4-2-3-5-11/h6-11H,2-5H2,1H3,(H,17,18). The molecule has 4 nitrogen and oxygen atoms in total. The Hall–Kier alpha value is -2.04. The zero-order chi connectivity index (χ0) is 13.9. The van der Waals surface area contributed by atoms with E-state index in [1.807, 2.05) is 6.20 Å². The number of anilines is 2. The van der Waals surface area contributed by atoms with Gasteiger partial charge in [-0.25, -0.2) is 9.37 Å². The summed E-state index contributed by atoms with van der Waals surface area (Å²) in [5.74, 6) is 0.990. The summed E-state index contributed by atoms with van der Waals surface area (Å²) in [6, 6.07) is 5.10. The molecule has 1 N–H and O–H groups in total. The van der Waals surface area contributed by atoms with Gasteiger partial charge in [0.1, 0.15) is 11.6 Å². The molecule has 1 aromatic heterocycles. The number of imidazole rings is 1. The van der Waals surface area contributed by atoms with Crippen molar-refractivity contribution in [1.29, 1.82) is 0 Å². The van der Waals surface area contributed by atoms with Crippen molar-refractivity contribution in [3.8, 4) is 5.75 Å². The lowest BCUT2D eigenvalue weighted by Crippen LogP contribution is -2.08. The molecule has 0 radical (unpaired) electrons. The molecule has 1 aliphatic rings. The number of ether oxygens (including phenoxy) is 1. The van der Waals surface area contributed by atoms with E-state index in [-0.39, 0.29) is 5.82 Å². The van der Waals surface area contributed by atoms with E-state index in [2.05, 4.69) is 14.9 Å². The van der Waals surface area contributed by atoms with E-state index in [1.165, 1.54) is 18.9 Å².